The molecule has 0 fully saturated rings. The Hall–Kier alpha value is -1.14. The zero-order valence-electron chi connectivity index (χ0n) is 9.86. The van der Waals surface area contributed by atoms with Crippen molar-refractivity contribution in [1.82, 2.24) is 5.32 Å². The highest BCUT2D eigenvalue weighted by molar-refractivity contribution is 5.75. The van der Waals surface area contributed by atoms with Crippen molar-refractivity contribution < 1.29 is 24.2 Å². The van der Waals surface area contributed by atoms with Crippen LogP contribution in [0.15, 0.2) is 0 Å². The Labute approximate surface area is 94.9 Å². The number of aliphatic hydroxyl groups excluding tert-OH is 1. The van der Waals surface area contributed by atoms with Crippen LogP contribution in [0.5, 0.6) is 0 Å². The van der Waals surface area contributed by atoms with E-state index in [-0.39, 0.29) is 19.6 Å². The summed E-state index contributed by atoms with van der Waals surface area (Å²) in [6.07, 6.45) is -0.958. The van der Waals surface area contributed by atoms with Crippen LogP contribution in [0, 0.1) is 0 Å². The van der Waals surface area contributed by atoms with E-state index < -0.39 is 24.1 Å². The number of hydrogen-bond acceptors (Lipinski definition) is 6. The maximum atomic E-state index is 11.0. The third-order valence-corrected chi connectivity index (χ3v) is 1.92. The van der Waals surface area contributed by atoms with Gasteiger partial charge in [-0.2, -0.15) is 0 Å². The quantitative estimate of drug-likeness (QED) is 0.574. The van der Waals surface area contributed by atoms with Crippen molar-refractivity contribution in [2.24, 2.45) is 0 Å². The van der Waals surface area contributed by atoms with Crippen LogP contribution in [0.4, 0.5) is 0 Å². The van der Waals surface area contributed by atoms with Crippen LogP contribution >= 0.6 is 0 Å². The molecule has 2 N–H and O–H groups in total. The summed E-state index contributed by atoms with van der Waals surface area (Å²) in [5, 5.41) is 12.2. The molecule has 0 saturated carbocycles. The van der Waals surface area contributed by atoms with E-state index >= 15 is 0 Å². The second-order valence-corrected chi connectivity index (χ2v) is 3.32. The Morgan fingerprint density at radius 1 is 1.44 bits per heavy atom. The van der Waals surface area contributed by atoms with Gasteiger partial charge in [-0.15, -0.1) is 0 Å². The van der Waals surface area contributed by atoms with Gasteiger partial charge in [0.25, 0.3) is 0 Å². The summed E-state index contributed by atoms with van der Waals surface area (Å²) in [4.78, 5) is 22.0. The van der Waals surface area contributed by atoms with Gasteiger partial charge in [0.05, 0.1) is 26.2 Å². The number of esters is 2. The monoisotopic (exact) mass is 233 g/mol. The molecule has 6 heteroatoms. The molecule has 0 spiro atoms. The molecular formula is C10H19NO5. The lowest BCUT2D eigenvalue weighted by atomic mass is 10.2. The average Bonchev–Trinajstić information content (AvgIpc) is 2.24. The zero-order valence-corrected chi connectivity index (χ0v) is 9.86. The lowest BCUT2D eigenvalue weighted by molar-refractivity contribution is -0.145. The molecule has 0 rings (SSSR count). The van der Waals surface area contributed by atoms with Crippen molar-refractivity contribution in [3.05, 3.63) is 0 Å². The van der Waals surface area contributed by atoms with Gasteiger partial charge in [-0.05, 0) is 13.8 Å². The predicted octanol–water partition coefficient (Wildman–Crippen LogP) is -0.548. The molecule has 0 bridgehead atoms. The van der Waals surface area contributed by atoms with Crippen molar-refractivity contribution in [2.45, 2.75) is 32.4 Å². The van der Waals surface area contributed by atoms with Gasteiger partial charge in [-0.25, -0.2) is 0 Å². The van der Waals surface area contributed by atoms with E-state index in [1.54, 1.807) is 13.8 Å². The summed E-state index contributed by atoms with van der Waals surface area (Å²) in [5.74, 6) is -0.870. The molecule has 0 radical (unpaired) electrons. The molecule has 6 nitrogen and oxygen atoms in total. The SMILES string of the molecule is CCOC(=O)CC(O)CNC(C)C(=O)OC. The third-order valence-electron chi connectivity index (χ3n) is 1.92. The highest BCUT2D eigenvalue weighted by Gasteiger charge is 2.16. The van der Waals surface area contributed by atoms with Gasteiger partial charge in [0.2, 0.25) is 0 Å². The maximum absolute atomic E-state index is 11.0. The van der Waals surface area contributed by atoms with Crippen molar-refractivity contribution in [2.75, 3.05) is 20.3 Å². The molecule has 0 aliphatic carbocycles. The van der Waals surface area contributed by atoms with Gasteiger partial charge in [0.1, 0.15) is 6.04 Å². The molecule has 2 unspecified atom stereocenters. The van der Waals surface area contributed by atoms with E-state index in [0.717, 1.165) is 0 Å². The lowest BCUT2D eigenvalue weighted by Crippen LogP contribution is -2.40. The number of ether oxygens (including phenoxy) is 2. The molecule has 0 aliphatic heterocycles. The van der Waals surface area contributed by atoms with Crippen LogP contribution in [-0.2, 0) is 19.1 Å². The van der Waals surface area contributed by atoms with Gasteiger partial charge in [-0.1, -0.05) is 0 Å². The molecule has 0 amide bonds. The van der Waals surface area contributed by atoms with Gasteiger partial charge >= 0.3 is 11.9 Å². The summed E-state index contributed by atoms with van der Waals surface area (Å²) in [6, 6.07) is -0.512. The number of aliphatic hydroxyl groups is 1. The van der Waals surface area contributed by atoms with Gasteiger partial charge in [-0.3, -0.25) is 9.59 Å². The second-order valence-electron chi connectivity index (χ2n) is 3.32. The Balaban J connectivity index is 3.76. The molecule has 94 valence electrons. The van der Waals surface area contributed by atoms with Crippen LogP contribution in [-0.4, -0.2) is 49.5 Å². The van der Waals surface area contributed by atoms with Crippen molar-refractivity contribution in [1.29, 1.82) is 0 Å². The van der Waals surface area contributed by atoms with E-state index in [1.807, 2.05) is 0 Å². The molecule has 16 heavy (non-hydrogen) atoms. The molecule has 2 atom stereocenters. The fourth-order valence-corrected chi connectivity index (χ4v) is 1.06. The number of nitrogens with one attached hydrogen (secondary N) is 1. The molecule has 0 saturated heterocycles. The summed E-state index contributed by atoms with van der Waals surface area (Å²) in [6.45, 7) is 3.73. The van der Waals surface area contributed by atoms with E-state index in [4.69, 9.17) is 0 Å². The fourth-order valence-electron chi connectivity index (χ4n) is 1.06. The first-order valence-corrected chi connectivity index (χ1v) is 5.16. The van der Waals surface area contributed by atoms with E-state index in [1.165, 1.54) is 7.11 Å². The van der Waals surface area contributed by atoms with Crippen LogP contribution in [0.1, 0.15) is 20.3 Å². The zero-order chi connectivity index (χ0) is 12.6. The highest BCUT2D eigenvalue weighted by atomic mass is 16.5. The Kier molecular flexibility index (Phi) is 7.49. The number of hydrogen-bond donors (Lipinski definition) is 2. The van der Waals surface area contributed by atoms with Crippen molar-refractivity contribution in [3.8, 4) is 0 Å². The van der Waals surface area contributed by atoms with Gasteiger partial charge in [0.15, 0.2) is 0 Å². The van der Waals surface area contributed by atoms with E-state index in [2.05, 4.69) is 14.8 Å². The molecule has 0 aromatic rings. The van der Waals surface area contributed by atoms with Crippen molar-refractivity contribution >= 4 is 11.9 Å². The first kappa shape index (κ1) is 14.9. The van der Waals surface area contributed by atoms with Crippen LogP contribution in [0.2, 0.25) is 0 Å². The van der Waals surface area contributed by atoms with Gasteiger partial charge in [0, 0.05) is 6.54 Å². The molecule has 0 aromatic carbocycles. The molecule has 0 heterocycles. The predicted molar refractivity (Wildman–Crippen MR) is 56.7 cm³/mol. The number of carbonyl (C=O) groups is 2. The third kappa shape index (κ3) is 6.36. The normalized spacial score (nSPS) is 14.0. The minimum absolute atomic E-state index is 0.0886. The fraction of sp³-hybridized carbons (Fsp3) is 0.800. The maximum Gasteiger partial charge on any atom is 0.322 e. The summed E-state index contributed by atoms with van der Waals surface area (Å²) >= 11 is 0. The highest BCUT2D eigenvalue weighted by Crippen LogP contribution is 1.95. The lowest BCUT2D eigenvalue weighted by Gasteiger charge is -2.14. The van der Waals surface area contributed by atoms with Crippen LogP contribution in [0.3, 0.4) is 0 Å². The van der Waals surface area contributed by atoms with Gasteiger partial charge < -0.3 is 19.9 Å². The molecule has 0 aliphatic rings. The smallest absolute Gasteiger partial charge is 0.322 e. The first-order chi connectivity index (χ1) is 7.51. The Morgan fingerprint density at radius 2 is 2.06 bits per heavy atom. The largest absolute Gasteiger partial charge is 0.468 e. The van der Waals surface area contributed by atoms with E-state index in [9.17, 15) is 14.7 Å². The molecular weight excluding hydrogens is 214 g/mol. The van der Waals surface area contributed by atoms with Crippen LogP contribution in [0.25, 0.3) is 0 Å². The van der Waals surface area contributed by atoms with Crippen LogP contribution < -0.4 is 5.32 Å². The van der Waals surface area contributed by atoms with Crippen molar-refractivity contribution in [3.63, 3.8) is 0 Å². The Bertz CT molecular complexity index is 231. The number of carbonyl (C=O) groups excluding carboxylic acids is 2. The van der Waals surface area contributed by atoms with E-state index in [0.29, 0.717) is 0 Å². The summed E-state index contributed by atoms with van der Waals surface area (Å²) < 4.78 is 9.16. The molecule has 0 aromatic heterocycles. The number of methoxy groups -OCH3 is 1. The summed E-state index contributed by atoms with van der Waals surface area (Å²) in [5.41, 5.74) is 0. The minimum Gasteiger partial charge on any atom is -0.468 e. The topological polar surface area (TPSA) is 84.9 Å². The second kappa shape index (κ2) is 8.06. The minimum atomic E-state index is -0.869. The Morgan fingerprint density at radius 3 is 2.56 bits per heavy atom. The average molecular weight is 233 g/mol. The first-order valence-electron chi connectivity index (χ1n) is 5.16. The number of rotatable bonds is 7. The summed E-state index contributed by atoms with van der Waals surface area (Å²) in [7, 11) is 1.29. The standard InChI is InChI=1S/C10H19NO5/c1-4-16-9(13)5-8(12)6-11-7(2)10(14)15-3/h7-8,11-12H,4-6H2,1-3H3.